The molecule has 2 fully saturated rings. The first-order valence-electron chi connectivity index (χ1n) is 7.32. The smallest absolute Gasteiger partial charge is 0.0594 e. The summed E-state index contributed by atoms with van der Waals surface area (Å²) in [6.45, 7) is 14.3. The molecule has 0 bridgehead atoms. The molecule has 2 N–H and O–H groups in total. The van der Waals surface area contributed by atoms with Gasteiger partial charge >= 0.3 is 0 Å². The molecule has 5 heteroatoms. The van der Waals surface area contributed by atoms with E-state index < -0.39 is 0 Å². The van der Waals surface area contributed by atoms with Crippen LogP contribution in [0.5, 0.6) is 0 Å². The SMILES string of the molecule is CC(CNCCN1CCOCC1)N1CCNCC1. The van der Waals surface area contributed by atoms with Gasteiger partial charge in [-0.15, -0.1) is 0 Å². The van der Waals surface area contributed by atoms with E-state index in [1.165, 1.54) is 13.1 Å². The monoisotopic (exact) mass is 256 g/mol. The number of nitrogens with zero attached hydrogens (tertiary/aromatic N) is 2. The Morgan fingerprint density at radius 1 is 1.17 bits per heavy atom. The van der Waals surface area contributed by atoms with Crippen molar-refractivity contribution in [2.75, 3.05) is 72.1 Å². The van der Waals surface area contributed by atoms with E-state index in [0.717, 1.165) is 59.0 Å². The van der Waals surface area contributed by atoms with E-state index in [1.54, 1.807) is 0 Å². The van der Waals surface area contributed by atoms with Crippen molar-refractivity contribution in [1.29, 1.82) is 0 Å². The highest BCUT2D eigenvalue weighted by Crippen LogP contribution is 1.99. The summed E-state index contributed by atoms with van der Waals surface area (Å²) in [6.07, 6.45) is 0. The molecule has 0 aromatic rings. The van der Waals surface area contributed by atoms with Crippen LogP contribution >= 0.6 is 0 Å². The second kappa shape index (κ2) is 8.07. The first-order valence-corrected chi connectivity index (χ1v) is 7.32. The van der Waals surface area contributed by atoms with Crippen LogP contribution in [-0.4, -0.2) is 88.0 Å². The third kappa shape index (κ3) is 4.82. The van der Waals surface area contributed by atoms with E-state index in [1.807, 2.05) is 0 Å². The maximum atomic E-state index is 5.35. The minimum atomic E-state index is 0.650. The Kier molecular flexibility index (Phi) is 6.37. The minimum absolute atomic E-state index is 0.650. The second-order valence-corrected chi connectivity index (χ2v) is 5.29. The van der Waals surface area contributed by atoms with E-state index in [4.69, 9.17) is 4.74 Å². The van der Waals surface area contributed by atoms with Gasteiger partial charge in [0.2, 0.25) is 0 Å². The fourth-order valence-corrected chi connectivity index (χ4v) is 2.62. The summed E-state index contributed by atoms with van der Waals surface area (Å²) in [5, 5.41) is 6.98. The van der Waals surface area contributed by atoms with Crippen LogP contribution in [-0.2, 0) is 4.74 Å². The van der Waals surface area contributed by atoms with Crippen molar-refractivity contribution in [2.24, 2.45) is 0 Å². The lowest BCUT2D eigenvalue weighted by molar-refractivity contribution is 0.0382. The molecule has 0 radical (unpaired) electrons. The van der Waals surface area contributed by atoms with E-state index in [2.05, 4.69) is 27.4 Å². The van der Waals surface area contributed by atoms with Gasteiger partial charge in [0.15, 0.2) is 0 Å². The lowest BCUT2D eigenvalue weighted by Crippen LogP contribution is -2.51. The van der Waals surface area contributed by atoms with Crippen LogP contribution in [0.1, 0.15) is 6.92 Å². The van der Waals surface area contributed by atoms with Crippen molar-refractivity contribution in [3.05, 3.63) is 0 Å². The van der Waals surface area contributed by atoms with Crippen LogP contribution < -0.4 is 10.6 Å². The molecule has 2 aliphatic rings. The first kappa shape index (κ1) is 14.2. The number of piperazine rings is 1. The molecule has 0 aromatic heterocycles. The lowest BCUT2D eigenvalue weighted by Gasteiger charge is -2.33. The molecule has 0 aliphatic carbocycles. The van der Waals surface area contributed by atoms with E-state index in [0.29, 0.717) is 6.04 Å². The Labute approximate surface area is 111 Å². The highest BCUT2D eigenvalue weighted by atomic mass is 16.5. The van der Waals surface area contributed by atoms with Crippen molar-refractivity contribution >= 4 is 0 Å². The number of morpholine rings is 1. The Balaban J connectivity index is 1.51. The van der Waals surface area contributed by atoms with Crippen LogP contribution in [0.3, 0.4) is 0 Å². The van der Waals surface area contributed by atoms with E-state index >= 15 is 0 Å². The molecule has 0 spiro atoms. The summed E-state index contributed by atoms with van der Waals surface area (Å²) in [4.78, 5) is 5.05. The molecule has 2 rings (SSSR count). The van der Waals surface area contributed by atoms with E-state index in [-0.39, 0.29) is 0 Å². The average molecular weight is 256 g/mol. The van der Waals surface area contributed by atoms with Crippen LogP contribution in [0.15, 0.2) is 0 Å². The summed E-state index contributed by atoms with van der Waals surface area (Å²) >= 11 is 0. The number of ether oxygens (including phenoxy) is 1. The summed E-state index contributed by atoms with van der Waals surface area (Å²) in [5.74, 6) is 0. The van der Waals surface area contributed by atoms with Gasteiger partial charge in [-0.25, -0.2) is 0 Å². The van der Waals surface area contributed by atoms with Crippen molar-refractivity contribution < 1.29 is 4.74 Å². The number of hydrogen-bond acceptors (Lipinski definition) is 5. The summed E-state index contributed by atoms with van der Waals surface area (Å²) in [7, 11) is 0. The van der Waals surface area contributed by atoms with Crippen LogP contribution in [0.2, 0.25) is 0 Å². The molecule has 5 nitrogen and oxygen atoms in total. The van der Waals surface area contributed by atoms with Crippen LogP contribution in [0.25, 0.3) is 0 Å². The van der Waals surface area contributed by atoms with Gasteiger partial charge in [0.05, 0.1) is 13.2 Å². The third-order valence-electron chi connectivity index (χ3n) is 3.92. The number of hydrogen-bond donors (Lipinski definition) is 2. The quantitative estimate of drug-likeness (QED) is 0.609. The van der Waals surface area contributed by atoms with Crippen LogP contribution in [0, 0.1) is 0 Å². The molecule has 2 saturated heterocycles. The molecule has 1 atom stereocenters. The van der Waals surface area contributed by atoms with E-state index in [9.17, 15) is 0 Å². The average Bonchev–Trinajstić information content (AvgIpc) is 2.45. The van der Waals surface area contributed by atoms with Gasteiger partial charge in [-0.2, -0.15) is 0 Å². The second-order valence-electron chi connectivity index (χ2n) is 5.29. The predicted octanol–water partition coefficient (Wildman–Crippen LogP) is -0.798. The fraction of sp³-hybridized carbons (Fsp3) is 1.00. The van der Waals surface area contributed by atoms with Gasteiger partial charge in [-0.1, -0.05) is 0 Å². The number of nitrogens with one attached hydrogen (secondary N) is 2. The highest BCUT2D eigenvalue weighted by molar-refractivity contribution is 4.75. The fourth-order valence-electron chi connectivity index (χ4n) is 2.62. The molecule has 0 amide bonds. The minimum Gasteiger partial charge on any atom is -0.379 e. The van der Waals surface area contributed by atoms with Crippen LogP contribution in [0.4, 0.5) is 0 Å². The Morgan fingerprint density at radius 3 is 2.61 bits per heavy atom. The standard InChI is InChI=1S/C13H28N4O/c1-13(17-6-3-14-4-7-17)12-15-2-5-16-8-10-18-11-9-16/h13-15H,2-12H2,1H3. The molecule has 106 valence electrons. The van der Waals surface area contributed by atoms with Gasteiger partial charge in [0.1, 0.15) is 0 Å². The Hall–Kier alpha value is -0.200. The molecular formula is C13H28N4O. The summed E-state index contributed by atoms with van der Waals surface area (Å²) in [6, 6.07) is 0.650. The normalized spacial score (nSPS) is 25.2. The Bertz CT molecular complexity index is 215. The zero-order valence-corrected chi connectivity index (χ0v) is 11.7. The number of rotatable bonds is 6. The molecular weight excluding hydrogens is 228 g/mol. The van der Waals surface area contributed by atoms with Gasteiger partial charge in [-0.3, -0.25) is 9.80 Å². The van der Waals surface area contributed by atoms with Gasteiger partial charge in [0, 0.05) is 64.9 Å². The van der Waals surface area contributed by atoms with Gasteiger partial charge in [0.25, 0.3) is 0 Å². The molecule has 1 unspecified atom stereocenters. The van der Waals surface area contributed by atoms with Crippen molar-refractivity contribution in [2.45, 2.75) is 13.0 Å². The zero-order valence-electron chi connectivity index (χ0n) is 11.7. The maximum absolute atomic E-state index is 5.35. The van der Waals surface area contributed by atoms with Crippen molar-refractivity contribution in [3.63, 3.8) is 0 Å². The topological polar surface area (TPSA) is 39.8 Å². The zero-order chi connectivity index (χ0) is 12.6. The predicted molar refractivity (Wildman–Crippen MR) is 74.0 cm³/mol. The first-order chi connectivity index (χ1) is 8.86. The maximum Gasteiger partial charge on any atom is 0.0594 e. The van der Waals surface area contributed by atoms with Gasteiger partial charge < -0.3 is 15.4 Å². The van der Waals surface area contributed by atoms with Gasteiger partial charge in [-0.05, 0) is 6.92 Å². The summed E-state index contributed by atoms with van der Waals surface area (Å²) in [5.41, 5.74) is 0. The molecule has 2 heterocycles. The molecule has 0 saturated carbocycles. The molecule has 0 aromatic carbocycles. The highest BCUT2D eigenvalue weighted by Gasteiger charge is 2.16. The largest absolute Gasteiger partial charge is 0.379 e. The summed E-state index contributed by atoms with van der Waals surface area (Å²) < 4.78 is 5.35. The molecule has 2 aliphatic heterocycles. The van der Waals surface area contributed by atoms with Crippen molar-refractivity contribution in [3.8, 4) is 0 Å². The molecule has 18 heavy (non-hydrogen) atoms. The van der Waals surface area contributed by atoms with Crippen molar-refractivity contribution in [1.82, 2.24) is 20.4 Å². The lowest BCUT2D eigenvalue weighted by atomic mass is 10.2. The third-order valence-corrected chi connectivity index (χ3v) is 3.92. The Morgan fingerprint density at radius 2 is 1.89 bits per heavy atom.